The molecule has 0 unspecified atom stereocenters. The number of aromatic amines is 1. The second kappa shape index (κ2) is 6.98. The summed E-state index contributed by atoms with van der Waals surface area (Å²) in [6, 6.07) is 1.15. The molecule has 0 amide bonds. The van der Waals surface area contributed by atoms with Gasteiger partial charge in [0.2, 0.25) is 0 Å². The molecule has 1 fully saturated rings. The summed E-state index contributed by atoms with van der Waals surface area (Å²) < 4.78 is 22.0. The maximum absolute atomic E-state index is 12.0. The van der Waals surface area contributed by atoms with E-state index in [1.54, 1.807) is 0 Å². The van der Waals surface area contributed by atoms with Crippen molar-refractivity contribution in [3.63, 3.8) is 0 Å². The molecule has 1 saturated heterocycles. The number of aliphatic hydroxyl groups is 1. The van der Waals surface area contributed by atoms with Crippen LogP contribution in [0.15, 0.2) is 21.9 Å². The summed E-state index contributed by atoms with van der Waals surface area (Å²) in [7, 11) is -4.71. The fraction of sp³-hybridized carbons (Fsp3) is 0.636. The van der Waals surface area contributed by atoms with Crippen LogP contribution < -0.4 is 11.2 Å². The highest BCUT2D eigenvalue weighted by atomic mass is 79.9. The van der Waals surface area contributed by atoms with Gasteiger partial charge in [-0.2, -0.15) is 0 Å². The molecule has 10 nitrogen and oxygen atoms in total. The van der Waals surface area contributed by atoms with Crippen molar-refractivity contribution in [2.45, 2.75) is 30.8 Å². The van der Waals surface area contributed by atoms with E-state index >= 15 is 0 Å². The molecule has 1 aliphatic heterocycles. The molecule has 3 atom stereocenters. The summed E-state index contributed by atoms with van der Waals surface area (Å²) in [6.45, 7) is -0.534. The van der Waals surface area contributed by atoms with Gasteiger partial charge >= 0.3 is 13.5 Å². The molecule has 1 aromatic heterocycles. The Labute approximate surface area is 138 Å². The normalized spacial score (nSPS) is 28.2. The van der Waals surface area contributed by atoms with E-state index in [0.29, 0.717) is 5.33 Å². The first kappa shape index (κ1) is 18.5. The van der Waals surface area contributed by atoms with E-state index in [2.05, 4.69) is 25.4 Å². The maximum atomic E-state index is 12.0. The van der Waals surface area contributed by atoms with Crippen LogP contribution in [-0.2, 0) is 19.6 Å². The number of hydrogen-bond donors (Lipinski definition) is 4. The quantitative estimate of drug-likeness (QED) is 0.350. The topological polar surface area (TPSA) is 151 Å². The molecule has 1 aliphatic rings. The van der Waals surface area contributed by atoms with Crippen LogP contribution in [-0.4, -0.2) is 48.6 Å². The summed E-state index contributed by atoms with van der Waals surface area (Å²) in [5, 5.41) is 10.5. The van der Waals surface area contributed by atoms with Crippen LogP contribution in [0.4, 0.5) is 0 Å². The molecular formula is C11H16BrN2O8P. The molecule has 130 valence electrons. The third-order valence-corrected chi connectivity index (χ3v) is 4.36. The van der Waals surface area contributed by atoms with Gasteiger partial charge in [-0.05, 0) is 0 Å². The lowest BCUT2D eigenvalue weighted by atomic mass is 10.0. The van der Waals surface area contributed by atoms with Crippen molar-refractivity contribution in [1.29, 1.82) is 0 Å². The van der Waals surface area contributed by atoms with Gasteiger partial charge in [0.25, 0.3) is 5.56 Å². The molecule has 23 heavy (non-hydrogen) atoms. The number of alkyl halides is 1. The van der Waals surface area contributed by atoms with Gasteiger partial charge in [-0.1, -0.05) is 15.9 Å². The molecule has 0 spiro atoms. The first-order valence-electron chi connectivity index (χ1n) is 6.61. The third kappa shape index (κ3) is 4.38. The molecule has 0 aromatic carbocycles. The van der Waals surface area contributed by atoms with Gasteiger partial charge in [-0.3, -0.25) is 18.9 Å². The fourth-order valence-electron chi connectivity index (χ4n) is 2.50. The lowest BCUT2D eigenvalue weighted by molar-refractivity contribution is -0.119. The van der Waals surface area contributed by atoms with Crippen molar-refractivity contribution in [2.75, 3.05) is 11.9 Å². The summed E-state index contributed by atoms with van der Waals surface area (Å²) >= 11 is 3.24. The SMILES string of the molecule is O=c1ccn([C@@]2(CCBr)C[C@H](O)[C@@H](COP(=O)(O)O)O2)c(=O)[nH]1. The van der Waals surface area contributed by atoms with E-state index in [4.69, 9.17) is 14.5 Å². The van der Waals surface area contributed by atoms with Crippen LogP contribution in [0.1, 0.15) is 12.8 Å². The van der Waals surface area contributed by atoms with E-state index < -0.39 is 43.6 Å². The molecule has 1 aromatic rings. The monoisotopic (exact) mass is 414 g/mol. The molecular weight excluding hydrogens is 399 g/mol. The minimum absolute atomic E-state index is 0.000262. The number of hydrogen-bond acceptors (Lipinski definition) is 6. The minimum Gasteiger partial charge on any atom is -0.390 e. The molecule has 0 radical (unpaired) electrons. The highest BCUT2D eigenvalue weighted by molar-refractivity contribution is 9.09. The van der Waals surface area contributed by atoms with Gasteiger partial charge in [0.15, 0.2) is 5.72 Å². The second-order valence-corrected chi connectivity index (χ2v) is 7.11. The van der Waals surface area contributed by atoms with Crippen molar-refractivity contribution < 1.29 is 28.7 Å². The van der Waals surface area contributed by atoms with Crippen LogP contribution in [0.25, 0.3) is 0 Å². The molecule has 0 saturated carbocycles. The van der Waals surface area contributed by atoms with E-state index in [1.807, 2.05) is 0 Å². The van der Waals surface area contributed by atoms with Gasteiger partial charge in [-0.15, -0.1) is 0 Å². The number of nitrogens with zero attached hydrogens (tertiary/aromatic N) is 1. The number of aromatic nitrogens is 2. The maximum Gasteiger partial charge on any atom is 0.469 e. The van der Waals surface area contributed by atoms with Gasteiger partial charge in [-0.25, -0.2) is 9.36 Å². The zero-order valence-electron chi connectivity index (χ0n) is 11.8. The fourth-order valence-corrected chi connectivity index (χ4v) is 3.47. The van der Waals surface area contributed by atoms with Crippen LogP contribution in [0.2, 0.25) is 0 Å². The van der Waals surface area contributed by atoms with E-state index in [1.165, 1.54) is 6.20 Å². The van der Waals surface area contributed by atoms with Crippen LogP contribution >= 0.6 is 23.8 Å². The van der Waals surface area contributed by atoms with Crippen molar-refractivity contribution in [3.8, 4) is 0 Å². The molecule has 2 rings (SSSR count). The molecule has 0 aliphatic carbocycles. The lowest BCUT2D eigenvalue weighted by Gasteiger charge is -2.30. The average Bonchev–Trinajstić information content (AvgIpc) is 2.73. The van der Waals surface area contributed by atoms with Crippen LogP contribution in [0.5, 0.6) is 0 Å². The molecule has 4 N–H and O–H groups in total. The van der Waals surface area contributed by atoms with Gasteiger partial charge in [0.05, 0.1) is 12.7 Å². The summed E-state index contributed by atoms with van der Waals surface area (Å²) in [6.07, 6.45) is -0.592. The predicted octanol–water partition coefficient (Wildman–Crippen LogP) is -0.767. The number of halogens is 1. The first-order valence-corrected chi connectivity index (χ1v) is 9.26. The summed E-state index contributed by atoms with van der Waals surface area (Å²) in [5.74, 6) is 0. The number of ether oxygens (including phenoxy) is 1. The number of aliphatic hydroxyl groups excluding tert-OH is 1. The van der Waals surface area contributed by atoms with Crippen molar-refractivity contribution in [2.24, 2.45) is 0 Å². The number of phosphoric ester groups is 1. The Kier molecular flexibility index (Phi) is 5.62. The zero-order chi connectivity index (χ0) is 17.3. The number of phosphoric acid groups is 1. The van der Waals surface area contributed by atoms with Crippen molar-refractivity contribution in [1.82, 2.24) is 9.55 Å². The first-order chi connectivity index (χ1) is 10.7. The second-order valence-electron chi connectivity index (χ2n) is 5.08. The predicted molar refractivity (Wildman–Crippen MR) is 81.2 cm³/mol. The van der Waals surface area contributed by atoms with E-state index in [0.717, 1.165) is 10.6 Å². The van der Waals surface area contributed by atoms with Crippen molar-refractivity contribution >= 4 is 23.8 Å². The third-order valence-electron chi connectivity index (χ3n) is 3.48. The van der Waals surface area contributed by atoms with Gasteiger partial charge in [0.1, 0.15) is 6.10 Å². The van der Waals surface area contributed by atoms with E-state index in [-0.39, 0.29) is 12.8 Å². The van der Waals surface area contributed by atoms with Crippen molar-refractivity contribution in [3.05, 3.63) is 33.1 Å². The lowest BCUT2D eigenvalue weighted by Crippen LogP contribution is -2.44. The minimum atomic E-state index is -4.71. The summed E-state index contributed by atoms with van der Waals surface area (Å²) in [4.78, 5) is 42.8. The Morgan fingerprint density at radius 2 is 2.22 bits per heavy atom. The van der Waals surface area contributed by atoms with Crippen LogP contribution in [0.3, 0.4) is 0 Å². The summed E-state index contributed by atoms with van der Waals surface area (Å²) in [5.41, 5.74) is -2.53. The smallest absolute Gasteiger partial charge is 0.390 e. The van der Waals surface area contributed by atoms with Crippen LogP contribution in [0, 0.1) is 0 Å². The Morgan fingerprint density at radius 3 is 2.78 bits per heavy atom. The molecule has 2 heterocycles. The van der Waals surface area contributed by atoms with Gasteiger partial charge < -0.3 is 19.6 Å². The standard InChI is InChI=1S/C11H16BrN2O8P/c12-3-2-11(14-4-1-9(16)13-10(14)17)5-7(15)8(22-11)6-21-23(18,19)20/h1,4,7-8,15H,2-3,5-6H2,(H,13,16,17)(H2,18,19,20)/t7-,8+,11+/m0/s1. The van der Waals surface area contributed by atoms with E-state index in [9.17, 15) is 19.3 Å². The Bertz CT molecular complexity index is 714. The zero-order valence-corrected chi connectivity index (χ0v) is 14.3. The van der Waals surface area contributed by atoms with Gasteiger partial charge in [0, 0.05) is 30.4 Å². The molecule has 12 heteroatoms. The number of rotatable bonds is 6. The Hall–Kier alpha value is -0.810. The Balaban J connectivity index is 2.30. The highest BCUT2D eigenvalue weighted by Crippen LogP contribution is 2.41. The average molecular weight is 415 g/mol. The number of nitrogens with one attached hydrogen (secondary N) is 1. The highest BCUT2D eigenvalue weighted by Gasteiger charge is 2.48. The largest absolute Gasteiger partial charge is 0.469 e. The Morgan fingerprint density at radius 1 is 1.52 bits per heavy atom. The number of H-pyrrole nitrogens is 1. The molecule has 0 bridgehead atoms.